The first-order valence-corrected chi connectivity index (χ1v) is 5.68. The minimum Gasteiger partial charge on any atom is -0.354 e. The molecule has 0 spiro atoms. The summed E-state index contributed by atoms with van der Waals surface area (Å²) in [7, 11) is 1.51. The summed E-state index contributed by atoms with van der Waals surface area (Å²) >= 11 is 0. The molecule has 1 fully saturated rings. The van der Waals surface area contributed by atoms with Gasteiger partial charge < -0.3 is 10.6 Å². The van der Waals surface area contributed by atoms with Crippen molar-refractivity contribution in [2.24, 2.45) is 5.92 Å². The van der Waals surface area contributed by atoms with Gasteiger partial charge in [-0.05, 0) is 18.9 Å². The maximum Gasteiger partial charge on any atom is 0.272 e. The maximum atomic E-state index is 11.6. The summed E-state index contributed by atoms with van der Waals surface area (Å²) in [5.41, 5.74) is 0.729. The third-order valence-electron chi connectivity index (χ3n) is 2.68. The molecule has 6 nitrogen and oxygen atoms in total. The van der Waals surface area contributed by atoms with Crippen LogP contribution >= 0.6 is 0 Å². The topological polar surface area (TPSA) is 84.0 Å². The lowest BCUT2D eigenvalue weighted by molar-refractivity contribution is -0.117. The normalized spacial score (nSPS) is 13.8. The molecule has 2 rings (SSSR count). The monoisotopic (exact) mass is 246 g/mol. The Hall–Kier alpha value is -2.24. The standard InChI is InChI=1S/C12H14N4O2/c1-3-7-6-9(14-11(17)8-4-5-8)15-16-10(7)12(18)13-2/h3,6,8H,1,4-5H2,2H3,(H,13,18)(H,14,15,17). The number of carbonyl (C=O) groups is 2. The molecule has 1 heterocycles. The van der Waals surface area contributed by atoms with E-state index in [1.165, 1.54) is 13.1 Å². The number of aromatic nitrogens is 2. The van der Waals surface area contributed by atoms with Crippen molar-refractivity contribution in [3.05, 3.63) is 23.9 Å². The number of amides is 2. The second-order valence-corrected chi connectivity index (χ2v) is 4.08. The van der Waals surface area contributed by atoms with E-state index in [1.54, 1.807) is 6.07 Å². The van der Waals surface area contributed by atoms with Gasteiger partial charge in [0.1, 0.15) is 0 Å². The zero-order valence-electron chi connectivity index (χ0n) is 10.1. The molecule has 1 saturated carbocycles. The van der Waals surface area contributed by atoms with Gasteiger partial charge in [-0.3, -0.25) is 9.59 Å². The van der Waals surface area contributed by atoms with E-state index in [4.69, 9.17) is 0 Å². The summed E-state index contributed by atoms with van der Waals surface area (Å²) in [5.74, 6) is 0.0523. The van der Waals surface area contributed by atoms with E-state index in [1.807, 2.05) is 0 Å². The molecule has 1 aromatic rings. The highest BCUT2D eigenvalue weighted by atomic mass is 16.2. The third-order valence-corrected chi connectivity index (χ3v) is 2.68. The van der Waals surface area contributed by atoms with E-state index in [-0.39, 0.29) is 23.4 Å². The lowest BCUT2D eigenvalue weighted by atomic mass is 10.2. The first-order valence-electron chi connectivity index (χ1n) is 5.68. The van der Waals surface area contributed by atoms with Gasteiger partial charge >= 0.3 is 0 Å². The van der Waals surface area contributed by atoms with Crippen LogP contribution in [0.5, 0.6) is 0 Å². The molecule has 0 radical (unpaired) electrons. The van der Waals surface area contributed by atoms with Crippen LogP contribution in [0.15, 0.2) is 12.6 Å². The van der Waals surface area contributed by atoms with Crippen molar-refractivity contribution in [3.8, 4) is 0 Å². The van der Waals surface area contributed by atoms with Crippen LogP contribution in [-0.4, -0.2) is 29.1 Å². The highest BCUT2D eigenvalue weighted by molar-refractivity contribution is 5.97. The highest BCUT2D eigenvalue weighted by Crippen LogP contribution is 2.30. The second kappa shape index (κ2) is 4.95. The first kappa shape index (κ1) is 12.2. The molecule has 1 aliphatic rings. The molecule has 0 bridgehead atoms. The van der Waals surface area contributed by atoms with Crippen LogP contribution in [-0.2, 0) is 4.79 Å². The van der Waals surface area contributed by atoms with Crippen molar-refractivity contribution < 1.29 is 9.59 Å². The lowest BCUT2D eigenvalue weighted by Crippen LogP contribution is -2.22. The van der Waals surface area contributed by atoms with Crippen molar-refractivity contribution in [1.82, 2.24) is 15.5 Å². The van der Waals surface area contributed by atoms with Gasteiger partial charge in [0, 0.05) is 18.5 Å². The van der Waals surface area contributed by atoms with E-state index in [9.17, 15) is 9.59 Å². The van der Waals surface area contributed by atoms with Crippen LogP contribution in [0, 0.1) is 5.92 Å². The van der Waals surface area contributed by atoms with Gasteiger partial charge in [0.25, 0.3) is 5.91 Å². The Morgan fingerprint density at radius 3 is 2.72 bits per heavy atom. The van der Waals surface area contributed by atoms with E-state index in [2.05, 4.69) is 27.4 Å². The number of hydrogen-bond donors (Lipinski definition) is 2. The summed E-state index contributed by atoms with van der Waals surface area (Å²) in [6, 6.07) is 1.59. The number of rotatable bonds is 4. The van der Waals surface area contributed by atoms with Crippen LogP contribution < -0.4 is 10.6 Å². The van der Waals surface area contributed by atoms with Crippen LogP contribution in [0.3, 0.4) is 0 Å². The summed E-state index contributed by atoms with van der Waals surface area (Å²) in [6.07, 6.45) is 3.35. The zero-order chi connectivity index (χ0) is 13.1. The molecule has 18 heavy (non-hydrogen) atoms. The number of hydrogen-bond acceptors (Lipinski definition) is 4. The SMILES string of the molecule is C=Cc1cc(NC(=O)C2CC2)nnc1C(=O)NC. The van der Waals surface area contributed by atoms with Crippen LogP contribution in [0.4, 0.5) is 5.82 Å². The molecule has 1 aromatic heterocycles. The van der Waals surface area contributed by atoms with E-state index in [0.29, 0.717) is 11.4 Å². The quantitative estimate of drug-likeness (QED) is 0.824. The Labute approximate surface area is 104 Å². The van der Waals surface area contributed by atoms with Crippen LogP contribution in [0.1, 0.15) is 28.9 Å². The van der Waals surface area contributed by atoms with Crippen molar-refractivity contribution >= 4 is 23.7 Å². The van der Waals surface area contributed by atoms with Gasteiger partial charge in [-0.25, -0.2) is 0 Å². The Kier molecular flexibility index (Phi) is 3.36. The average molecular weight is 246 g/mol. The predicted molar refractivity (Wildman–Crippen MR) is 66.9 cm³/mol. The Morgan fingerprint density at radius 2 is 2.17 bits per heavy atom. The van der Waals surface area contributed by atoms with Gasteiger partial charge in [0.05, 0.1) is 0 Å². The van der Waals surface area contributed by atoms with Crippen LogP contribution in [0.2, 0.25) is 0 Å². The largest absolute Gasteiger partial charge is 0.354 e. The molecule has 94 valence electrons. The molecule has 6 heteroatoms. The number of carbonyl (C=O) groups excluding carboxylic acids is 2. The number of nitrogens with one attached hydrogen (secondary N) is 2. The fourth-order valence-electron chi connectivity index (χ4n) is 1.49. The Balaban J connectivity index is 2.20. The maximum absolute atomic E-state index is 11.6. The molecule has 2 amide bonds. The zero-order valence-corrected chi connectivity index (χ0v) is 10.1. The number of nitrogens with zero attached hydrogens (tertiary/aromatic N) is 2. The summed E-state index contributed by atoms with van der Waals surface area (Å²) in [5, 5.41) is 12.8. The van der Waals surface area contributed by atoms with Crippen LogP contribution in [0.25, 0.3) is 6.08 Å². The van der Waals surface area contributed by atoms with Gasteiger partial charge in [0.15, 0.2) is 11.5 Å². The summed E-state index contributed by atoms with van der Waals surface area (Å²) in [6.45, 7) is 3.62. The average Bonchev–Trinajstić information content (AvgIpc) is 3.22. The molecule has 1 aliphatic carbocycles. The molecule has 0 unspecified atom stereocenters. The summed E-state index contributed by atoms with van der Waals surface area (Å²) in [4.78, 5) is 23.1. The molecule has 0 atom stereocenters. The smallest absolute Gasteiger partial charge is 0.272 e. The second-order valence-electron chi connectivity index (χ2n) is 4.08. The summed E-state index contributed by atoms with van der Waals surface area (Å²) < 4.78 is 0. The molecular weight excluding hydrogens is 232 g/mol. The predicted octanol–water partition coefficient (Wildman–Crippen LogP) is 0.828. The highest BCUT2D eigenvalue weighted by Gasteiger charge is 2.30. The minimum absolute atomic E-state index is 0.0491. The van der Waals surface area contributed by atoms with Crippen molar-refractivity contribution in [2.45, 2.75) is 12.8 Å². The fraction of sp³-hybridized carbons (Fsp3) is 0.333. The van der Waals surface area contributed by atoms with Gasteiger partial charge in [-0.1, -0.05) is 12.7 Å². The first-order chi connectivity index (χ1) is 8.65. The van der Waals surface area contributed by atoms with E-state index >= 15 is 0 Å². The van der Waals surface area contributed by atoms with Gasteiger partial charge in [-0.2, -0.15) is 0 Å². The lowest BCUT2D eigenvalue weighted by Gasteiger charge is -2.06. The molecule has 0 aromatic carbocycles. The van der Waals surface area contributed by atoms with Crippen molar-refractivity contribution in [1.29, 1.82) is 0 Å². The Morgan fingerprint density at radius 1 is 1.44 bits per heavy atom. The Bertz CT molecular complexity index is 509. The third kappa shape index (κ3) is 2.53. The van der Waals surface area contributed by atoms with Gasteiger partial charge in [-0.15, -0.1) is 10.2 Å². The van der Waals surface area contributed by atoms with Gasteiger partial charge in [0.2, 0.25) is 5.91 Å². The molecular formula is C12H14N4O2. The minimum atomic E-state index is -0.336. The van der Waals surface area contributed by atoms with E-state index in [0.717, 1.165) is 12.8 Å². The molecule has 2 N–H and O–H groups in total. The molecule has 0 saturated heterocycles. The molecule has 0 aliphatic heterocycles. The van der Waals surface area contributed by atoms with Crippen molar-refractivity contribution in [2.75, 3.05) is 12.4 Å². The van der Waals surface area contributed by atoms with E-state index < -0.39 is 0 Å². The van der Waals surface area contributed by atoms with Crippen molar-refractivity contribution in [3.63, 3.8) is 0 Å². The number of anilines is 1. The fourth-order valence-corrected chi connectivity index (χ4v) is 1.49.